The number of thiocarbonyl (C=S) groups is 1. The number of thiophene rings is 1. The minimum absolute atomic E-state index is 0.123. The fourth-order valence-corrected chi connectivity index (χ4v) is 5.27. The van der Waals surface area contributed by atoms with Crippen LogP contribution in [0.1, 0.15) is 46.3 Å². The first-order chi connectivity index (χ1) is 16.0. The van der Waals surface area contributed by atoms with E-state index >= 15 is 0 Å². The normalized spacial score (nSPS) is 12.9. The predicted molar refractivity (Wildman–Crippen MR) is 134 cm³/mol. The van der Waals surface area contributed by atoms with E-state index in [4.69, 9.17) is 21.4 Å². The summed E-state index contributed by atoms with van der Waals surface area (Å²) in [4.78, 5) is 26.1. The lowest BCUT2D eigenvalue weighted by molar-refractivity contribution is -0.115. The van der Waals surface area contributed by atoms with Gasteiger partial charge in [0.05, 0.1) is 12.2 Å². The summed E-state index contributed by atoms with van der Waals surface area (Å²) in [6.45, 7) is 2.08. The molecule has 1 amide bonds. The molecule has 3 aromatic rings. The van der Waals surface area contributed by atoms with Crippen LogP contribution in [0.15, 0.2) is 53.0 Å². The van der Waals surface area contributed by atoms with E-state index < -0.39 is 5.91 Å². The molecule has 0 bridgehead atoms. The molecule has 0 spiro atoms. The molecule has 0 aliphatic heterocycles. The van der Waals surface area contributed by atoms with Crippen LogP contribution in [0.4, 0.5) is 5.00 Å². The molecule has 0 saturated heterocycles. The Balaban J connectivity index is 1.40. The van der Waals surface area contributed by atoms with Crippen LogP contribution in [0.5, 0.6) is 0 Å². The Morgan fingerprint density at radius 3 is 2.73 bits per heavy atom. The van der Waals surface area contributed by atoms with Gasteiger partial charge in [0, 0.05) is 16.5 Å². The average molecular weight is 481 g/mol. The van der Waals surface area contributed by atoms with Gasteiger partial charge in [-0.15, -0.1) is 11.3 Å². The Labute approximate surface area is 201 Å². The molecule has 2 aromatic heterocycles. The monoisotopic (exact) mass is 480 g/mol. The molecule has 2 heterocycles. The first-order valence-corrected chi connectivity index (χ1v) is 12.0. The highest BCUT2D eigenvalue weighted by atomic mass is 32.1. The molecule has 170 valence electrons. The van der Waals surface area contributed by atoms with Gasteiger partial charge in [-0.2, -0.15) is 0 Å². The van der Waals surface area contributed by atoms with E-state index in [0.29, 0.717) is 22.9 Å². The molecular weight excluding hydrogens is 456 g/mol. The number of rotatable bonds is 6. The van der Waals surface area contributed by atoms with Crippen molar-refractivity contribution in [1.82, 2.24) is 5.32 Å². The number of ether oxygens (including phenoxy) is 1. The minimum atomic E-state index is -0.399. The van der Waals surface area contributed by atoms with Gasteiger partial charge in [-0.1, -0.05) is 30.3 Å². The van der Waals surface area contributed by atoms with Gasteiger partial charge in [0.1, 0.15) is 16.5 Å². The van der Waals surface area contributed by atoms with Gasteiger partial charge >= 0.3 is 5.97 Å². The summed E-state index contributed by atoms with van der Waals surface area (Å²) < 4.78 is 11.0. The van der Waals surface area contributed by atoms with Crippen molar-refractivity contribution < 1.29 is 18.7 Å². The maximum absolute atomic E-state index is 12.6. The molecular formula is C25H24N2O4S2. The second kappa shape index (κ2) is 10.6. The summed E-state index contributed by atoms with van der Waals surface area (Å²) in [6, 6.07) is 13.4. The van der Waals surface area contributed by atoms with Crippen LogP contribution in [0, 0.1) is 0 Å². The van der Waals surface area contributed by atoms with Crippen LogP contribution >= 0.6 is 23.6 Å². The smallest absolute Gasteiger partial charge is 0.341 e. The number of esters is 1. The number of hydrogen-bond donors (Lipinski definition) is 2. The highest BCUT2D eigenvalue weighted by molar-refractivity contribution is 7.80. The lowest BCUT2D eigenvalue weighted by atomic mass is 9.95. The summed E-state index contributed by atoms with van der Waals surface area (Å²) >= 11 is 6.82. The Morgan fingerprint density at radius 2 is 1.94 bits per heavy atom. The highest BCUT2D eigenvalue weighted by Gasteiger charge is 2.26. The summed E-state index contributed by atoms with van der Waals surface area (Å²) in [5.74, 6) is 0.518. The Hall–Kier alpha value is -3.23. The van der Waals surface area contributed by atoms with Crippen molar-refractivity contribution in [3.05, 3.63) is 70.3 Å². The summed E-state index contributed by atoms with van der Waals surface area (Å²) in [7, 11) is 0. The van der Waals surface area contributed by atoms with Crippen molar-refractivity contribution >= 4 is 51.6 Å². The molecule has 4 rings (SSSR count). The number of anilines is 1. The summed E-state index contributed by atoms with van der Waals surface area (Å²) in [6.07, 6.45) is 6.85. The molecule has 2 N–H and O–H groups in total. The number of aryl methyl sites for hydroxylation is 1. The number of carbonyl (C=O) groups excluding carboxylic acids is 2. The largest absolute Gasteiger partial charge is 0.462 e. The quantitative estimate of drug-likeness (QED) is 0.272. The molecule has 0 unspecified atom stereocenters. The van der Waals surface area contributed by atoms with E-state index in [1.807, 2.05) is 36.4 Å². The first kappa shape index (κ1) is 22.9. The van der Waals surface area contributed by atoms with Gasteiger partial charge < -0.3 is 14.5 Å². The van der Waals surface area contributed by atoms with Crippen LogP contribution < -0.4 is 10.6 Å². The highest BCUT2D eigenvalue weighted by Crippen LogP contribution is 2.38. The van der Waals surface area contributed by atoms with Gasteiger partial charge in [0.25, 0.3) is 0 Å². The van der Waals surface area contributed by atoms with Crippen molar-refractivity contribution in [1.29, 1.82) is 0 Å². The maximum atomic E-state index is 12.6. The maximum Gasteiger partial charge on any atom is 0.341 e. The van der Waals surface area contributed by atoms with E-state index in [9.17, 15) is 9.59 Å². The third-order valence-corrected chi connectivity index (χ3v) is 6.61. The second-order valence-corrected chi connectivity index (χ2v) is 8.99. The first-order valence-electron chi connectivity index (χ1n) is 10.8. The van der Waals surface area contributed by atoms with Gasteiger partial charge in [-0.3, -0.25) is 10.1 Å². The predicted octanol–water partition coefficient (Wildman–Crippen LogP) is 5.59. The lowest BCUT2D eigenvalue weighted by Crippen LogP contribution is -2.33. The zero-order chi connectivity index (χ0) is 23.2. The summed E-state index contributed by atoms with van der Waals surface area (Å²) in [5, 5.41) is 6.39. The van der Waals surface area contributed by atoms with Crippen molar-refractivity contribution in [3.8, 4) is 11.3 Å². The van der Waals surface area contributed by atoms with E-state index in [2.05, 4.69) is 10.6 Å². The van der Waals surface area contributed by atoms with Gasteiger partial charge in [-0.05, 0) is 68.6 Å². The van der Waals surface area contributed by atoms with Crippen molar-refractivity contribution in [2.45, 2.75) is 32.6 Å². The van der Waals surface area contributed by atoms with Crippen LogP contribution in [0.25, 0.3) is 17.4 Å². The summed E-state index contributed by atoms with van der Waals surface area (Å²) in [5.41, 5.74) is 2.53. The number of hydrogen-bond acceptors (Lipinski definition) is 6. The van der Waals surface area contributed by atoms with Crippen molar-refractivity contribution in [2.24, 2.45) is 0 Å². The van der Waals surface area contributed by atoms with Crippen LogP contribution in [-0.4, -0.2) is 23.6 Å². The zero-order valence-corrected chi connectivity index (χ0v) is 19.8. The van der Waals surface area contributed by atoms with Gasteiger partial charge in [-0.25, -0.2) is 4.79 Å². The number of furan rings is 1. The number of amides is 1. The molecule has 0 radical (unpaired) electrons. The van der Waals surface area contributed by atoms with Gasteiger partial charge in [0.15, 0.2) is 5.11 Å². The molecule has 0 saturated carbocycles. The molecule has 8 heteroatoms. The molecule has 1 aliphatic carbocycles. The van der Waals surface area contributed by atoms with Crippen molar-refractivity contribution in [2.75, 3.05) is 11.9 Å². The topological polar surface area (TPSA) is 80.6 Å². The molecule has 1 aliphatic rings. The van der Waals surface area contributed by atoms with E-state index in [1.165, 1.54) is 22.3 Å². The van der Waals surface area contributed by atoms with Crippen LogP contribution in [0.2, 0.25) is 0 Å². The molecule has 0 fully saturated rings. The fraction of sp³-hybridized carbons (Fsp3) is 0.240. The van der Waals surface area contributed by atoms with Gasteiger partial charge in [0.2, 0.25) is 5.91 Å². The Kier molecular flexibility index (Phi) is 7.36. The van der Waals surface area contributed by atoms with Crippen LogP contribution in [-0.2, 0) is 22.4 Å². The molecule has 1 aromatic carbocycles. The Bertz CT molecular complexity index is 1190. The number of fused-ring (bicyclic) bond motifs is 1. The minimum Gasteiger partial charge on any atom is -0.462 e. The third-order valence-electron chi connectivity index (χ3n) is 5.20. The Morgan fingerprint density at radius 1 is 1.15 bits per heavy atom. The number of nitrogens with one attached hydrogen (secondary N) is 2. The third kappa shape index (κ3) is 5.58. The van der Waals surface area contributed by atoms with Crippen molar-refractivity contribution in [3.63, 3.8) is 0 Å². The van der Waals surface area contributed by atoms with E-state index in [1.54, 1.807) is 19.1 Å². The average Bonchev–Trinajstić information content (AvgIpc) is 3.43. The molecule has 0 atom stereocenters. The zero-order valence-electron chi connectivity index (χ0n) is 18.2. The van der Waals surface area contributed by atoms with E-state index in [-0.39, 0.29) is 11.1 Å². The van der Waals surface area contributed by atoms with E-state index in [0.717, 1.165) is 42.6 Å². The lowest BCUT2D eigenvalue weighted by Gasteiger charge is -2.12. The molecule has 6 nitrogen and oxygen atoms in total. The molecule has 33 heavy (non-hydrogen) atoms. The van der Waals surface area contributed by atoms with Crippen LogP contribution in [0.3, 0.4) is 0 Å². The standard InChI is InChI=1S/C25H24N2O4S2/c1-2-30-24(29)22-18-10-6-7-11-20(18)33-23(22)27-25(32)26-21(28)15-13-17-12-14-19(31-17)16-8-4-3-5-9-16/h3-5,8-9,12-15H,2,6-7,10-11H2,1H3,(H2,26,27,28,32)/b15-13+. The fourth-order valence-electron chi connectivity index (χ4n) is 3.72. The number of carbonyl (C=O) groups is 2. The number of benzene rings is 1. The SMILES string of the molecule is CCOC(=O)c1c(NC(=S)NC(=O)/C=C/c2ccc(-c3ccccc3)o2)sc2c1CCCC2. The second-order valence-electron chi connectivity index (χ2n) is 7.48.